The molecule has 0 bridgehead atoms. The highest BCUT2D eigenvalue weighted by atomic mass is 32.2. The summed E-state index contributed by atoms with van der Waals surface area (Å²) in [5.41, 5.74) is 0. The topological polar surface area (TPSA) is 34.1 Å². The maximum Gasteiger partial charge on any atom is 0.257 e. The summed E-state index contributed by atoms with van der Waals surface area (Å²) in [6, 6.07) is 0. The Kier molecular flexibility index (Phi) is 1.50. The standard InChI is InChI=1S/C5H8F2O2S/c1-10(8,9)5(2-3-5)4(6)7/h4H,2-3H2,1H3. The van der Waals surface area contributed by atoms with E-state index in [0.717, 1.165) is 6.26 Å². The van der Waals surface area contributed by atoms with E-state index in [1.807, 2.05) is 0 Å². The lowest BCUT2D eigenvalue weighted by atomic mass is 10.4. The van der Waals surface area contributed by atoms with Crippen LogP contribution in [0.4, 0.5) is 8.78 Å². The number of sulfone groups is 1. The summed E-state index contributed by atoms with van der Waals surface area (Å²) >= 11 is 0. The van der Waals surface area contributed by atoms with E-state index in [-0.39, 0.29) is 12.8 Å². The first kappa shape index (κ1) is 7.91. The minimum atomic E-state index is -3.54. The van der Waals surface area contributed by atoms with Crippen LogP contribution in [0.1, 0.15) is 12.8 Å². The Balaban J connectivity index is 2.91. The second-order valence-electron chi connectivity index (χ2n) is 2.64. The molecule has 2 nitrogen and oxygen atoms in total. The summed E-state index contributed by atoms with van der Waals surface area (Å²) in [6.45, 7) is 0. The largest absolute Gasteiger partial charge is 0.257 e. The van der Waals surface area contributed by atoms with Crippen LogP contribution in [0.15, 0.2) is 0 Å². The third-order valence-corrected chi connectivity index (χ3v) is 3.94. The molecule has 0 unspecified atom stereocenters. The Morgan fingerprint density at radius 1 is 1.40 bits per heavy atom. The molecular weight excluding hydrogens is 162 g/mol. The predicted molar refractivity (Wildman–Crippen MR) is 32.8 cm³/mol. The Bertz CT molecular complexity index is 228. The van der Waals surface area contributed by atoms with Crippen LogP contribution < -0.4 is 0 Å². The lowest BCUT2D eigenvalue weighted by Gasteiger charge is -2.09. The maximum atomic E-state index is 12.0. The molecule has 1 fully saturated rings. The number of hydrogen-bond donors (Lipinski definition) is 0. The summed E-state index contributed by atoms with van der Waals surface area (Å²) in [5, 5.41) is 0. The van der Waals surface area contributed by atoms with Crippen molar-refractivity contribution in [3.05, 3.63) is 0 Å². The fourth-order valence-corrected chi connectivity index (χ4v) is 2.04. The van der Waals surface area contributed by atoms with Gasteiger partial charge in [0.25, 0.3) is 6.43 Å². The minimum absolute atomic E-state index is 0.115. The molecule has 0 saturated heterocycles. The molecule has 1 aliphatic rings. The Morgan fingerprint density at radius 2 is 1.80 bits per heavy atom. The normalized spacial score (nSPS) is 23.2. The summed E-state index contributed by atoms with van der Waals surface area (Å²) < 4.78 is 43.7. The van der Waals surface area contributed by atoms with Crippen molar-refractivity contribution in [3.63, 3.8) is 0 Å². The highest BCUT2D eigenvalue weighted by Crippen LogP contribution is 2.47. The quantitative estimate of drug-likeness (QED) is 0.615. The van der Waals surface area contributed by atoms with Gasteiger partial charge in [0.05, 0.1) is 0 Å². The molecule has 0 amide bonds. The van der Waals surface area contributed by atoms with E-state index in [2.05, 4.69) is 0 Å². The van der Waals surface area contributed by atoms with Gasteiger partial charge in [-0.1, -0.05) is 0 Å². The first-order valence-corrected chi connectivity index (χ1v) is 4.77. The van der Waals surface area contributed by atoms with Gasteiger partial charge in [0.2, 0.25) is 0 Å². The predicted octanol–water partition coefficient (Wildman–Crippen LogP) is 0.829. The van der Waals surface area contributed by atoms with E-state index in [1.165, 1.54) is 0 Å². The van der Waals surface area contributed by atoms with Gasteiger partial charge in [-0.3, -0.25) is 0 Å². The molecule has 0 aromatic carbocycles. The molecule has 0 N–H and O–H groups in total. The van der Waals surface area contributed by atoms with E-state index < -0.39 is 21.0 Å². The molecule has 60 valence electrons. The molecule has 0 aliphatic heterocycles. The highest BCUT2D eigenvalue weighted by molar-refractivity contribution is 7.92. The Hall–Kier alpha value is -0.190. The van der Waals surface area contributed by atoms with E-state index in [4.69, 9.17) is 0 Å². The third-order valence-electron chi connectivity index (χ3n) is 1.88. The van der Waals surface area contributed by atoms with Gasteiger partial charge < -0.3 is 0 Å². The van der Waals surface area contributed by atoms with Crippen molar-refractivity contribution in [2.45, 2.75) is 24.0 Å². The number of hydrogen-bond acceptors (Lipinski definition) is 2. The molecule has 0 atom stereocenters. The van der Waals surface area contributed by atoms with Crippen LogP contribution in [0.5, 0.6) is 0 Å². The van der Waals surface area contributed by atoms with Gasteiger partial charge in [0.15, 0.2) is 9.84 Å². The van der Waals surface area contributed by atoms with Gasteiger partial charge in [-0.25, -0.2) is 17.2 Å². The fraction of sp³-hybridized carbons (Fsp3) is 1.00. The van der Waals surface area contributed by atoms with Gasteiger partial charge >= 0.3 is 0 Å². The van der Waals surface area contributed by atoms with Crippen LogP contribution in [-0.2, 0) is 9.84 Å². The number of alkyl halides is 2. The number of rotatable bonds is 2. The SMILES string of the molecule is CS(=O)(=O)C1(C(F)F)CC1. The summed E-state index contributed by atoms with van der Waals surface area (Å²) in [4.78, 5) is 0. The zero-order chi connectivity index (χ0) is 7.99. The first-order chi connectivity index (χ1) is 4.40. The molecule has 0 aromatic rings. The fourth-order valence-electron chi connectivity index (χ4n) is 0.874. The van der Waals surface area contributed by atoms with E-state index >= 15 is 0 Å². The lowest BCUT2D eigenvalue weighted by molar-refractivity contribution is 0.133. The monoisotopic (exact) mass is 170 g/mol. The molecule has 0 aromatic heterocycles. The van der Waals surface area contributed by atoms with Crippen LogP contribution in [0.25, 0.3) is 0 Å². The van der Waals surface area contributed by atoms with Crippen LogP contribution in [-0.4, -0.2) is 25.8 Å². The van der Waals surface area contributed by atoms with Gasteiger partial charge in [0, 0.05) is 6.26 Å². The van der Waals surface area contributed by atoms with Crippen LogP contribution in [0, 0.1) is 0 Å². The molecule has 1 rings (SSSR count). The molecule has 1 saturated carbocycles. The maximum absolute atomic E-state index is 12.0. The van der Waals surface area contributed by atoms with Crippen molar-refractivity contribution in [3.8, 4) is 0 Å². The van der Waals surface area contributed by atoms with Crippen molar-refractivity contribution in [2.24, 2.45) is 0 Å². The van der Waals surface area contributed by atoms with Gasteiger partial charge in [0.1, 0.15) is 4.75 Å². The van der Waals surface area contributed by atoms with Gasteiger partial charge in [-0.2, -0.15) is 0 Å². The summed E-state index contributed by atoms with van der Waals surface area (Å²) in [7, 11) is -3.54. The summed E-state index contributed by atoms with van der Waals surface area (Å²) in [6.07, 6.45) is -1.62. The van der Waals surface area contributed by atoms with Crippen molar-refractivity contribution in [1.82, 2.24) is 0 Å². The smallest absolute Gasteiger partial charge is 0.228 e. The van der Waals surface area contributed by atoms with E-state index in [0.29, 0.717) is 0 Å². The molecule has 0 radical (unpaired) electrons. The zero-order valence-electron chi connectivity index (χ0n) is 5.47. The van der Waals surface area contributed by atoms with Crippen molar-refractivity contribution < 1.29 is 17.2 Å². The first-order valence-electron chi connectivity index (χ1n) is 2.88. The molecule has 0 spiro atoms. The van der Waals surface area contributed by atoms with Crippen molar-refractivity contribution in [1.29, 1.82) is 0 Å². The molecular formula is C5H8F2O2S. The highest BCUT2D eigenvalue weighted by Gasteiger charge is 2.59. The second kappa shape index (κ2) is 1.90. The van der Waals surface area contributed by atoms with Crippen molar-refractivity contribution in [2.75, 3.05) is 6.26 Å². The van der Waals surface area contributed by atoms with Crippen LogP contribution in [0.3, 0.4) is 0 Å². The average Bonchev–Trinajstić information content (AvgIpc) is 2.36. The van der Waals surface area contributed by atoms with Gasteiger partial charge in [-0.05, 0) is 12.8 Å². The van der Waals surface area contributed by atoms with Crippen molar-refractivity contribution >= 4 is 9.84 Å². The third kappa shape index (κ3) is 0.923. The van der Waals surface area contributed by atoms with Gasteiger partial charge in [-0.15, -0.1) is 0 Å². The van der Waals surface area contributed by atoms with Crippen LogP contribution in [0.2, 0.25) is 0 Å². The second-order valence-corrected chi connectivity index (χ2v) is 5.00. The van der Waals surface area contributed by atoms with E-state index in [9.17, 15) is 17.2 Å². The molecule has 10 heavy (non-hydrogen) atoms. The molecule has 5 heteroatoms. The minimum Gasteiger partial charge on any atom is -0.228 e. The lowest BCUT2D eigenvalue weighted by Crippen LogP contribution is -2.29. The number of halogens is 2. The van der Waals surface area contributed by atoms with E-state index in [1.54, 1.807) is 0 Å². The van der Waals surface area contributed by atoms with Crippen LogP contribution >= 0.6 is 0 Å². The molecule has 0 heterocycles. The molecule has 1 aliphatic carbocycles. The zero-order valence-corrected chi connectivity index (χ0v) is 6.29. The average molecular weight is 170 g/mol. The summed E-state index contributed by atoms with van der Waals surface area (Å²) in [5.74, 6) is 0. The Labute approximate surface area is 58.1 Å². The Morgan fingerprint density at radius 3 is 1.80 bits per heavy atom.